The number of carbonyl (C=O) groups is 4. The largest absolute Gasteiger partial charge is 0.450 e. The van der Waals surface area contributed by atoms with Gasteiger partial charge in [-0.1, -0.05) is 6.92 Å². The molecule has 17 heteroatoms. The quantitative estimate of drug-likeness (QED) is 0.242. The standard InChI is InChI=1S/C23H34N2O12S3/c1-8-24-17-9-11(2)39(30,31)23-16(17)10-18(38-23)40(32,33)25-19(26)12(3)35-21(28)14(5)37-22(29)15(6)36-20(27)13(4)34-7/h10-15,17,24H,8-9H2,1-7H3,(H,25,26)/t11-,12-,13-,14-,15-,17-/m0/s1. The molecule has 1 aromatic heterocycles. The van der Waals surface area contributed by atoms with Gasteiger partial charge in [0.25, 0.3) is 15.9 Å². The molecule has 2 heterocycles. The van der Waals surface area contributed by atoms with Gasteiger partial charge in [-0.3, -0.25) is 4.79 Å². The van der Waals surface area contributed by atoms with Crippen molar-refractivity contribution in [2.24, 2.45) is 0 Å². The van der Waals surface area contributed by atoms with Crippen LogP contribution in [-0.2, 0) is 58.0 Å². The Kier molecular flexibility index (Phi) is 11.2. The number of esters is 3. The Balaban J connectivity index is 2.05. The second kappa shape index (κ2) is 13.4. The van der Waals surface area contributed by atoms with Gasteiger partial charge in [0.15, 0.2) is 34.3 Å². The molecule has 6 atom stereocenters. The number of sulfone groups is 1. The van der Waals surface area contributed by atoms with Crippen LogP contribution >= 0.6 is 11.3 Å². The summed E-state index contributed by atoms with van der Waals surface area (Å²) in [4.78, 5) is 48.7. The molecule has 1 aliphatic heterocycles. The summed E-state index contributed by atoms with van der Waals surface area (Å²) in [6, 6.07) is 0.833. The molecule has 0 unspecified atom stereocenters. The van der Waals surface area contributed by atoms with E-state index in [2.05, 4.69) is 5.32 Å². The average Bonchev–Trinajstić information content (AvgIpc) is 3.34. The maximum atomic E-state index is 12.9. The van der Waals surface area contributed by atoms with Crippen molar-refractivity contribution < 1.29 is 55.0 Å². The van der Waals surface area contributed by atoms with E-state index in [1.165, 1.54) is 27.0 Å². The van der Waals surface area contributed by atoms with Crippen molar-refractivity contribution in [3.8, 4) is 0 Å². The van der Waals surface area contributed by atoms with E-state index in [0.29, 0.717) is 23.4 Å². The van der Waals surface area contributed by atoms with E-state index in [9.17, 15) is 36.0 Å². The highest BCUT2D eigenvalue weighted by molar-refractivity contribution is 7.95. The van der Waals surface area contributed by atoms with Gasteiger partial charge in [-0.05, 0) is 53.7 Å². The molecule has 40 heavy (non-hydrogen) atoms. The van der Waals surface area contributed by atoms with Crippen LogP contribution in [0.4, 0.5) is 0 Å². The number of ether oxygens (including phenoxy) is 4. The molecule has 0 aromatic carbocycles. The highest BCUT2D eigenvalue weighted by Crippen LogP contribution is 2.42. The van der Waals surface area contributed by atoms with Crippen LogP contribution in [0.15, 0.2) is 14.5 Å². The van der Waals surface area contributed by atoms with E-state index in [-0.39, 0.29) is 16.7 Å². The molecule has 0 saturated carbocycles. The Morgan fingerprint density at radius 1 is 0.975 bits per heavy atom. The molecular weight excluding hydrogens is 592 g/mol. The summed E-state index contributed by atoms with van der Waals surface area (Å²) >= 11 is 0.532. The second-order valence-corrected chi connectivity index (χ2v) is 14.6. The summed E-state index contributed by atoms with van der Waals surface area (Å²) in [5.41, 5.74) is 0.310. The highest BCUT2D eigenvalue weighted by Gasteiger charge is 2.40. The molecule has 0 aliphatic carbocycles. The molecule has 0 fully saturated rings. The topological polar surface area (TPSA) is 198 Å². The zero-order valence-corrected chi connectivity index (χ0v) is 25.5. The number of thiophene rings is 1. The van der Waals surface area contributed by atoms with E-state index in [1.54, 1.807) is 11.6 Å². The number of sulfonamides is 1. The van der Waals surface area contributed by atoms with Crippen LogP contribution in [-0.4, -0.2) is 84.0 Å². The van der Waals surface area contributed by atoms with Gasteiger partial charge in [-0.25, -0.2) is 35.9 Å². The first-order valence-electron chi connectivity index (χ1n) is 12.3. The van der Waals surface area contributed by atoms with Gasteiger partial charge in [-0.15, -0.1) is 11.3 Å². The summed E-state index contributed by atoms with van der Waals surface area (Å²) in [6.45, 7) is 8.77. The molecule has 1 aromatic rings. The first-order valence-corrected chi connectivity index (χ1v) is 16.1. The maximum Gasteiger partial charge on any atom is 0.347 e. The molecule has 2 N–H and O–H groups in total. The highest BCUT2D eigenvalue weighted by atomic mass is 32.3. The lowest BCUT2D eigenvalue weighted by atomic mass is 10.1. The molecule has 2 rings (SSSR count). The Morgan fingerprint density at radius 3 is 1.98 bits per heavy atom. The lowest BCUT2D eigenvalue weighted by molar-refractivity contribution is -0.181. The SMILES string of the molecule is CCN[C@H]1C[C@H](C)S(=O)(=O)c2sc(S(=O)(=O)NC(=O)[C@H](C)OC(=O)[C@H](C)OC(=O)[C@H](C)OC(=O)[C@H](C)OC)cc21. The normalized spacial score (nSPS) is 21.2. The van der Waals surface area contributed by atoms with Gasteiger partial charge >= 0.3 is 17.9 Å². The number of hydrogen-bond donors (Lipinski definition) is 2. The smallest absolute Gasteiger partial charge is 0.347 e. The summed E-state index contributed by atoms with van der Waals surface area (Å²) in [7, 11) is -7.00. The van der Waals surface area contributed by atoms with Crippen LogP contribution in [0.1, 0.15) is 59.6 Å². The Hall–Kier alpha value is -2.60. The van der Waals surface area contributed by atoms with Crippen molar-refractivity contribution >= 4 is 55.0 Å². The van der Waals surface area contributed by atoms with Crippen molar-refractivity contribution in [1.29, 1.82) is 0 Å². The van der Waals surface area contributed by atoms with Crippen molar-refractivity contribution in [2.45, 2.75) is 92.1 Å². The van der Waals surface area contributed by atoms with E-state index in [1.807, 2.05) is 6.92 Å². The van der Waals surface area contributed by atoms with Gasteiger partial charge in [-0.2, -0.15) is 0 Å². The molecular formula is C23H34N2O12S3. The summed E-state index contributed by atoms with van der Waals surface area (Å²) < 4.78 is 72.2. The first-order chi connectivity index (χ1) is 18.5. The second-order valence-electron chi connectivity index (χ2n) is 9.09. The third-order valence-corrected chi connectivity index (χ3v) is 11.7. The van der Waals surface area contributed by atoms with Gasteiger partial charge in [0.2, 0.25) is 0 Å². The fraction of sp³-hybridized carbons (Fsp3) is 0.652. The predicted octanol–water partition coefficient (Wildman–Crippen LogP) is 0.600. The molecule has 0 bridgehead atoms. The third-order valence-electron chi connectivity index (χ3n) is 5.98. The van der Waals surface area contributed by atoms with Crippen LogP contribution in [0, 0.1) is 0 Å². The maximum absolute atomic E-state index is 12.9. The summed E-state index contributed by atoms with van der Waals surface area (Å²) in [5, 5.41) is 2.41. The average molecular weight is 627 g/mol. The van der Waals surface area contributed by atoms with Crippen molar-refractivity contribution in [3.63, 3.8) is 0 Å². The fourth-order valence-corrected chi connectivity index (χ4v) is 8.53. The van der Waals surface area contributed by atoms with Crippen molar-refractivity contribution in [1.82, 2.24) is 10.0 Å². The molecule has 226 valence electrons. The van der Waals surface area contributed by atoms with Gasteiger partial charge < -0.3 is 24.3 Å². The fourth-order valence-electron chi connectivity index (χ4n) is 3.49. The first kappa shape index (κ1) is 33.6. The van der Waals surface area contributed by atoms with Gasteiger partial charge in [0.05, 0.1) is 5.25 Å². The van der Waals surface area contributed by atoms with Crippen LogP contribution < -0.4 is 10.0 Å². The minimum absolute atomic E-state index is 0.0864. The minimum Gasteiger partial charge on any atom is -0.450 e. The zero-order valence-electron chi connectivity index (χ0n) is 23.1. The van der Waals surface area contributed by atoms with Crippen LogP contribution in [0.25, 0.3) is 0 Å². The van der Waals surface area contributed by atoms with Gasteiger partial charge in [0, 0.05) is 18.7 Å². The van der Waals surface area contributed by atoms with E-state index < -0.39 is 77.6 Å². The number of rotatable bonds is 12. The molecule has 1 amide bonds. The summed E-state index contributed by atoms with van der Waals surface area (Å²) in [5.74, 6) is -4.28. The molecule has 0 saturated heterocycles. The Morgan fingerprint density at radius 2 is 1.48 bits per heavy atom. The van der Waals surface area contributed by atoms with Crippen molar-refractivity contribution in [3.05, 3.63) is 11.6 Å². The Bertz CT molecular complexity index is 1340. The molecule has 0 radical (unpaired) electrons. The number of fused-ring (bicyclic) bond motifs is 1. The third kappa shape index (κ3) is 7.78. The Labute approximate surface area is 237 Å². The molecule has 14 nitrogen and oxygen atoms in total. The minimum atomic E-state index is -4.52. The van der Waals surface area contributed by atoms with Crippen LogP contribution in [0.3, 0.4) is 0 Å². The lowest BCUT2D eigenvalue weighted by Gasteiger charge is -2.27. The number of methoxy groups -OCH3 is 1. The van der Waals surface area contributed by atoms with E-state index in [0.717, 1.165) is 13.8 Å². The molecule has 0 spiro atoms. The number of hydrogen-bond acceptors (Lipinski definition) is 14. The number of carbonyl (C=O) groups excluding carboxylic acids is 4. The van der Waals surface area contributed by atoms with E-state index in [4.69, 9.17) is 18.9 Å². The van der Waals surface area contributed by atoms with Crippen LogP contribution in [0.2, 0.25) is 0 Å². The predicted molar refractivity (Wildman–Crippen MR) is 140 cm³/mol. The van der Waals surface area contributed by atoms with Crippen LogP contribution in [0.5, 0.6) is 0 Å². The molecule has 1 aliphatic rings. The number of nitrogens with one attached hydrogen (secondary N) is 2. The summed E-state index contributed by atoms with van der Waals surface area (Å²) in [6.07, 6.45) is -5.21. The van der Waals surface area contributed by atoms with Crippen molar-refractivity contribution in [2.75, 3.05) is 13.7 Å². The lowest BCUT2D eigenvalue weighted by Crippen LogP contribution is -2.41. The van der Waals surface area contributed by atoms with E-state index >= 15 is 0 Å². The monoisotopic (exact) mass is 626 g/mol. The zero-order chi connectivity index (χ0) is 30.6. The number of amides is 1. The van der Waals surface area contributed by atoms with Gasteiger partial charge in [0.1, 0.15) is 8.42 Å².